The Bertz CT molecular complexity index is 677. The van der Waals surface area contributed by atoms with Crippen molar-refractivity contribution in [1.29, 1.82) is 0 Å². The molecule has 1 aromatic carbocycles. The van der Waals surface area contributed by atoms with Crippen LogP contribution in [0, 0.1) is 11.6 Å². The first kappa shape index (κ1) is 15.4. The molecule has 2 rings (SSSR count). The highest BCUT2D eigenvalue weighted by atomic mass is 19.1. The molecule has 0 fully saturated rings. The molecule has 0 aliphatic rings. The van der Waals surface area contributed by atoms with Crippen molar-refractivity contribution in [2.45, 2.75) is 40.2 Å². The zero-order valence-corrected chi connectivity index (χ0v) is 12.4. The lowest BCUT2D eigenvalue weighted by molar-refractivity contribution is 0.101. The van der Waals surface area contributed by atoms with E-state index in [9.17, 15) is 13.6 Å². The molecular weight excluding hydrogens is 274 g/mol. The number of Topliss-reactive ketones (excluding diaryl/α,β-unsaturated/α-hetero) is 1. The van der Waals surface area contributed by atoms with Crippen molar-refractivity contribution >= 4 is 5.78 Å². The van der Waals surface area contributed by atoms with Gasteiger partial charge in [-0.25, -0.2) is 8.78 Å². The summed E-state index contributed by atoms with van der Waals surface area (Å²) in [7, 11) is 0. The van der Waals surface area contributed by atoms with Gasteiger partial charge in [0.15, 0.2) is 5.78 Å². The third kappa shape index (κ3) is 3.01. The first-order valence-corrected chi connectivity index (χ1v) is 7.01. The quantitative estimate of drug-likeness (QED) is 0.790. The summed E-state index contributed by atoms with van der Waals surface area (Å²) < 4.78 is 28.4. The molecule has 0 unspecified atom stereocenters. The zero-order chi connectivity index (χ0) is 15.6. The van der Waals surface area contributed by atoms with Gasteiger partial charge in [0.05, 0.1) is 17.8 Å². The Hall–Kier alpha value is -2.04. The highest BCUT2D eigenvalue weighted by Crippen LogP contribution is 2.19. The minimum atomic E-state index is -0.605. The van der Waals surface area contributed by atoms with Gasteiger partial charge in [-0.3, -0.25) is 9.48 Å². The molecule has 0 N–H and O–H groups in total. The fourth-order valence-corrected chi connectivity index (χ4v) is 2.51. The van der Waals surface area contributed by atoms with E-state index in [1.165, 1.54) is 19.1 Å². The number of hydrogen-bond acceptors (Lipinski definition) is 2. The second-order valence-corrected chi connectivity index (χ2v) is 4.93. The lowest BCUT2D eigenvalue weighted by atomic mass is 10.1. The number of benzene rings is 1. The van der Waals surface area contributed by atoms with Crippen LogP contribution in [0.1, 0.15) is 48.1 Å². The number of rotatable bonds is 5. The van der Waals surface area contributed by atoms with Gasteiger partial charge >= 0.3 is 0 Å². The normalized spacial score (nSPS) is 10.9. The molecule has 0 saturated heterocycles. The molecule has 5 heteroatoms. The van der Waals surface area contributed by atoms with Crippen LogP contribution in [0.3, 0.4) is 0 Å². The third-order valence-corrected chi connectivity index (χ3v) is 3.49. The van der Waals surface area contributed by atoms with Crippen molar-refractivity contribution in [3.05, 3.63) is 52.3 Å². The molecule has 0 radical (unpaired) electrons. The predicted octanol–water partition coefficient (Wildman–Crippen LogP) is 3.54. The van der Waals surface area contributed by atoms with Crippen LogP contribution in [-0.2, 0) is 19.4 Å². The molecule has 0 aliphatic heterocycles. The van der Waals surface area contributed by atoms with E-state index in [1.54, 1.807) is 4.68 Å². The van der Waals surface area contributed by atoms with Crippen LogP contribution in [0.2, 0.25) is 0 Å². The van der Waals surface area contributed by atoms with Crippen LogP contribution < -0.4 is 0 Å². The minimum absolute atomic E-state index is 0.0328. The maximum absolute atomic E-state index is 13.8. The van der Waals surface area contributed by atoms with Gasteiger partial charge in [0.25, 0.3) is 0 Å². The first-order valence-electron chi connectivity index (χ1n) is 7.01. The summed E-state index contributed by atoms with van der Waals surface area (Å²) in [5, 5.41) is 4.41. The van der Waals surface area contributed by atoms with Crippen LogP contribution in [-0.4, -0.2) is 15.6 Å². The summed E-state index contributed by atoms with van der Waals surface area (Å²) in [4.78, 5) is 11.8. The molecule has 0 spiro atoms. The zero-order valence-electron chi connectivity index (χ0n) is 12.4. The molecule has 0 aliphatic carbocycles. The number of hydrogen-bond donors (Lipinski definition) is 0. The van der Waals surface area contributed by atoms with Gasteiger partial charge in [0, 0.05) is 17.3 Å². The number of aryl methyl sites for hydroxylation is 1. The van der Waals surface area contributed by atoms with Crippen molar-refractivity contribution in [3.8, 4) is 0 Å². The van der Waals surface area contributed by atoms with E-state index in [0.717, 1.165) is 17.5 Å². The van der Waals surface area contributed by atoms with Gasteiger partial charge < -0.3 is 0 Å². The Morgan fingerprint density at radius 3 is 2.48 bits per heavy atom. The van der Waals surface area contributed by atoms with Crippen LogP contribution in [0.15, 0.2) is 18.2 Å². The molecule has 1 heterocycles. The van der Waals surface area contributed by atoms with Crippen LogP contribution >= 0.6 is 0 Å². The Labute approximate surface area is 122 Å². The molecule has 21 heavy (non-hydrogen) atoms. The van der Waals surface area contributed by atoms with E-state index in [0.29, 0.717) is 24.0 Å². The molecule has 112 valence electrons. The van der Waals surface area contributed by atoms with E-state index >= 15 is 0 Å². The smallest absolute Gasteiger partial charge is 0.163 e. The fraction of sp³-hybridized carbons (Fsp3) is 0.375. The van der Waals surface area contributed by atoms with Gasteiger partial charge in [-0.15, -0.1) is 0 Å². The number of ketones is 1. The number of carbonyl (C=O) groups is 1. The maximum Gasteiger partial charge on any atom is 0.163 e. The molecule has 0 saturated carbocycles. The molecule has 1 aromatic heterocycles. The molecule has 0 amide bonds. The molecular formula is C16H18F2N2O. The lowest BCUT2D eigenvalue weighted by Gasteiger charge is -2.08. The second kappa shape index (κ2) is 6.16. The summed E-state index contributed by atoms with van der Waals surface area (Å²) >= 11 is 0. The van der Waals surface area contributed by atoms with Crippen molar-refractivity contribution in [3.63, 3.8) is 0 Å². The molecule has 3 nitrogen and oxygen atoms in total. The monoisotopic (exact) mass is 292 g/mol. The number of carbonyl (C=O) groups excluding carboxylic acids is 1. The summed E-state index contributed by atoms with van der Waals surface area (Å²) in [6.07, 6.45) is 1.27. The van der Waals surface area contributed by atoms with Crippen molar-refractivity contribution < 1.29 is 13.6 Å². The number of nitrogens with zero attached hydrogens (tertiary/aromatic N) is 2. The Morgan fingerprint density at radius 1 is 1.24 bits per heavy atom. The SMILES string of the molecule is CCc1nn(Cc2ccc(F)cc2F)c(CC)c1C(C)=O. The summed E-state index contributed by atoms with van der Waals surface area (Å²) in [5.74, 6) is -1.24. The predicted molar refractivity (Wildman–Crippen MR) is 76.4 cm³/mol. The van der Waals surface area contributed by atoms with Crippen molar-refractivity contribution in [2.75, 3.05) is 0 Å². The molecule has 2 aromatic rings. The van der Waals surface area contributed by atoms with Crippen molar-refractivity contribution in [1.82, 2.24) is 9.78 Å². The van der Waals surface area contributed by atoms with Gasteiger partial charge in [-0.2, -0.15) is 5.10 Å². The fourth-order valence-electron chi connectivity index (χ4n) is 2.51. The van der Waals surface area contributed by atoms with Gasteiger partial charge in [0.2, 0.25) is 0 Å². The maximum atomic E-state index is 13.8. The Balaban J connectivity index is 2.46. The van der Waals surface area contributed by atoms with Gasteiger partial charge in [-0.05, 0) is 25.8 Å². The van der Waals surface area contributed by atoms with E-state index < -0.39 is 11.6 Å². The second-order valence-electron chi connectivity index (χ2n) is 4.93. The van der Waals surface area contributed by atoms with E-state index in [2.05, 4.69) is 5.10 Å². The summed E-state index contributed by atoms with van der Waals surface area (Å²) in [5.41, 5.74) is 2.50. The van der Waals surface area contributed by atoms with E-state index in [4.69, 9.17) is 0 Å². The van der Waals surface area contributed by atoms with Gasteiger partial charge in [-0.1, -0.05) is 19.9 Å². The number of halogens is 2. The molecule has 0 atom stereocenters. The summed E-state index contributed by atoms with van der Waals surface area (Å²) in [6, 6.07) is 3.49. The average molecular weight is 292 g/mol. The van der Waals surface area contributed by atoms with Crippen molar-refractivity contribution in [2.24, 2.45) is 0 Å². The largest absolute Gasteiger partial charge is 0.294 e. The summed E-state index contributed by atoms with van der Waals surface area (Å²) in [6.45, 7) is 5.56. The highest BCUT2D eigenvalue weighted by Gasteiger charge is 2.19. The average Bonchev–Trinajstić information content (AvgIpc) is 2.79. The standard InChI is InChI=1S/C16H18F2N2O/c1-4-14-16(10(3)21)15(5-2)20(19-14)9-11-6-7-12(17)8-13(11)18/h6-8H,4-5,9H2,1-3H3. The van der Waals surface area contributed by atoms with Crippen LogP contribution in [0.25, 0.3) is 0 Å². The minimum Gasteiger partial charge on any atom is -0.294 e. The van der Waals surface area contributed by atoms with Crippen LogP contribution in [0.4, 0.5) is 8.78 Å². The Morgan fingerprint density at radius 2 is 1.95 bits per heavy atom. The highest BCUT2D eigenvalue weighted by molar-refractivity contribution is 5.96. The number of aromatic nitrogens is 2. The molecule has 0 bridgehead atoms. The lowest BCUT2D eigenvalue weighted by Crippen LogP contribution is -2.09. The van der Waals surface area contributed by atoms with Crippen LogP contribution in [0.5, 0.6) is 0 Å². The third-order valence-electron chi connectivity index (χ3n) is 3.49. The van der Waals surface area contributed by atoms with E-state index in [-0.39, 0.29) is 12.3 Å². The van der Waals surface area contributed by atoms with E-state index in [1.807, 2.05) is 13.8 Å². The topological polar surface area (TPSA) is 34.9 Å². The Kier molecular flexibility index (Phi) is 4.50. The van der Waals surface area contributed by atoms with Gasteiger partial charge in [0.1, 0.15) is 11.6 Å². The first-order chi connectivity index (χ1) is 9.97.